The minimum absolute atomic E-state index is 0.196. The summed E-state index contributed by atoms with van der Waals surface area (Å²) in [5.74, 6) is 0.973. The largest absolute Gasteiger partial charge is 0.371 e. The number of fused-ring (bicyclic) bond motifs is 1. The molecule has 0 spiro atoms. The number of hydrogen-bond acceptors (Lipinski definition) is 3. The van der Waals surface area contributed by atoms with Crippen LogP contribution in [0, 0.1) is 11.3 Å². The van der Waals surface area contributed by atoms with Gasteiger partial charge in [0.25, 0.3) is 0 Å². The first-order valence-corrected chi connectivity index (χ1v) is 6.71. The van der Waals surface area contributed by atoms with E-state index in [-0.39, 0.29) is 6.10 Å². The third kappa shape index (κ3) is 2.34. The second kappa shape index (κ2) is 4.67. The van der Waals surface area contributed by atoms with Crippen LogP contribution in [0.15, 0.2) is 18.2 Å². The standard InChI is InChI=1S/C15H17N3O/c1-10(2)19-9-15-17-13-7-11(8-16)3-6-14(13)18(15)12-4-5-12/h3,6-7,10,12H,4-5,9H2,1-2H3. The van der Waals surface area contributed by atoms with Gasteiger partial charge in [-0.3, -0.25) is 0 Å². The summed E-state index contributed by atoms with van der Waals surface area (Å²) in [6, 6.07) is 8.43. The maximum absolute atomic E-state index is 8.96. The number of hydrogen-bond donors (Lipinski definition) is 0. The van der Waals surface area contributed by atoms with E-state index in [1.165, 1.54) is 12.8 Å². The molecular formula is C15H17N3O. The Labute approximate surface area is 112 Å². The van der Waals surface area contributed by atoms with Crippen LogP contribution >= 0.6 is 0 Å². The Hall–Kier alpha value is -1.86. The smallest absolute Gasteiger partial charge is 0.136 e. The number of benzene rings is 1. The molecule has 1 aliphatic carbocycles. The van der Waals surface area contributed by atoms with Gasteiger partial charge in [-0.2, -0.15) is 5.26 Å². The van der Waals surface area contributed by atoms with Gasteiger partial charge in [-0.05, 0) is 44.9 Å². The van der Waals surface area contributed by atoms with Crippen molar-refractivity contribution in [3.8, 4) is 6.07 Å². The molecule has 98 valence electrons. The quantitative estimate of drug-likeness (QED) is 0.843. The van der Waals surface area contributed by atoms with Crippen LogP contribution in [0.2, 0.25) is 0 Å². The van der Waals surface area contributed by atoms with Crippen molar-refractivity contribution in [2.75, 3.05) is 0 Å². The Morgan fingerprint density at radius 2 is 2.26 bits per heavy atom. The highest BCUT2D eigenvalue weighted by molar-refractivity contribution is 5.78. The Morgan fingerprint density at radius 1 is 1.47 bits per heavy atom. The minimum atomic E-state index is 0.196. The van der Waals surface area contributed by atoms with Crippen LogP contribution in [0.3, 0.4) is 0 Å². The van der Waals surface area contributed by atoms with Crippen LogP contribution in [0.25, 0.3) is 11.0 Å². The summed E-state index contributed by atoms with van der Waals surface area (Å²) in [7, 11) is 0. The topological polar surface area (TPSA) is 50.8 Å². The highest BCUT2D eigenvalue weighted by atomic mass is 16.5. The second-order valence-corrected chi connectivity index (χ2v) is 5.30. The van der Waals surface area contributed by atoms with Crippen LogP contribution in [0.1, 0.15) is 44.1 Å². The lowest BCUT2D eigenvalue weighted by Gasteiger charge is -2.10. The maximum atomic E-state index is 8.96. The molecule has 0 unspecified atom stereocenters. The molecule has 0 bridgehead atoms. The van der Waals surface area contributed by atoms with Crippen LogP contribution in [-0.2, 0) is 11.3 Å². The Kier molecular flexibility index (Phi) is 3.00. The van der Waals surface area contributed by atoms with E-state index < -0.39 is 0 Å². The number of nitrogens with zero attached hydrogens (tertiary/aromatic N) is 3. The summed E-state index contributed by atoms with van der Waals surface area (Å²) in [5.41, 5.74) is 2.67. The van der Waals surface area contributed by atoms with Crippen molar-refractivity contribution in [1.82, 2.24) is 9.55 Å². The van der Waals surface area contributed by atoms with E-state index >= 15 is 0 Å². The average Bonchev–Trinajstić information content (AvgIpc) is 3.16. The average molecular weight is 255 g/mol. The molecule has 0 atom stereocenters. The number of rotatable bonds is 4. The van der Waals surface area contributed by atoms with Gasteiger partial charge in [-0.1, -0.05) is 0 Å². The van der Waals surface area contributed by atoms with Crippen molar-refractivity contribution in [1.29, 1.82) is 5.26 Å². The third-order valence-corrected chi connectivity index (χ3v) is 3.35. The Balaban J connectivity index is 2.04. The van der Waals surface area contributed by atoms with E-state index in [9.17, 15) is 0 Å². The fourth-order valence-corrected chi connectivity index (χ4v) is 2.30. The summed E-state index contributed by atoms with van der Waals surface area (Å²) in [5, 5.41) is 8.96. The first-order valence-electron chi connectivity index (χ1n) is 6.71. The molecule has 0 radical (unpaired) electrons. The van der Waals surface area contributed by atoms with Gasteiger partial charge in [0, 0.05) is 6.04 Å². The van der Waals surface area contributed by atoms with Crippen molar-refractivity contribution in [3.63, 3.8) is 0 Å². The lowest BCUT2D eigenvalue weighted by atomic mass is 10.2. The zero-order chi connectivity index (χ0) is 13.4. The first-order chi connectivity index (χ1) is 9.19. The van der Waals surface area contributed by atoms with Gasteiger partial charge in [-0.15, -0.1) is 0 Å². The van der Waals surface area contributed by atoms with Crippen molar-refractivity contribution < 1.29 is 4.74 Å². The van der Waals surface area contributed by atoms with Crippen molar-refractivity contribution in [2.45, 2.75) is 45.4 Å². The van der Waals surface area contributed by atoms with Crippen LogP contribution in [-0.4, -0.2) is 15.7 Å². The zero-order valence-corrected chi connectivity index (χ0v) is 11.3. The molecule has 1 heterocycles. The van der Waals surface area contributed by atoms with Crippen molar-refractivity contribution in [2.24, 2.45) is 0 Å². The van der Waals surface area contributed by atoms with Gasteiger partial charge in [0.15, 0.2) is 0 Å². The Bertz CT molecular complexity index is 647. The van der Waals surface area contributed by atoms with E-state index in [0.717, 1.165) is 16.9 Å². The van der Waals surface area contributed by atoms with Crippen LogP contribution in [0.4, 0.5) is 0 Å². The lowest BCUT2D eigenvalue weighted by molar-refractivity contribution is 0.0597. The van der Waals surface area contributed by atoms with Crippen molar-refractivity contribution >= 4 is 11.0 Å². The highest BCUT2D eigenvalue weighted by Crippen LogP contribution is 2.39. The molecule has 1 fully saturated rings. The van der Waals surface area contributed by atoms with E-state index in [2.05, 4.69) is 15.6 Å². The second-order valence-electron chi connectivity index (χ2n) is 5.30. The molecule has 0 amide bonds. The van der Waals surface area contributed by atoms with Crippen molar-refractivity contribution in [3.05, 3.63) is 29.6 Å². The Morgan fingerprint density at radius 3 is 2.89 bits per heavy atom. The molecule has 4 heteroatoms. The fourth-order valence-electron chi connectivity index (χ4n) is 2.30. The van der Waals surface area contributed by atoms with Gasteiger partial charge < -0.3 is 9.30 Å². The number of ether oxygens (including phenoxy) is 1. The summed E-state index contributed by atoms with van der Waals surface area (Å²) < 4.78 is 7.96. The molecule has 1 aliphatic rings. The molecular weight excluding hydrogens is 238 g/mol. The van der Waals surface area contributed by atoms with E-state index in [1.54, 1.807) is 0 Å². The molecule has 2 aromatic rings. The van der Waals surface area contributed by atoms with Gasteiger partial charge in [-0.25, -0.2) is 4.98 Å². The minimum Gasteiger partial charge on any atom is -0.371 e. The zero-order valence-electron chi connectivity index (χ0n) is 11.3. The summed E-state index contributed by atoms with van der Waals surface area (Å²) in [6.07, 6.45) is 2.61. The summed E-state index contributed by atoms with van der Waals surface area (Å²) in [6.45, 7) is 4.58. The lowest BCUT2D eigenvalue weighted by Crippen LogP contribution is -2.08. The van der Waals surface area contributed by atoms with Crippen LogP contribution in [0.5, 0.6) is 0 Å². The van der Waals surface area contributed by atoms with Gasteiger partial charge in [0.05, 0.1) is 28.8 Å². The van der Waals surface area contributed by atoms with Gasteiger partial charge in [0.1, 0.15) is 12.4 Å². The first kappa shape index (κ1) is 12.2. The van der Waals surface area contributed by atoms with E-state index in [1.807, 2.05) is 32.0 Å². The molecule has 1 saturated carbocycles. The van der Waals surface area contributed by atoms with Gasteiger partial charge >= 0.3 is 0 Å². The highest BCUT2D eigenvalue weighted by Gasteiger charge is 2.28. The van der Waals surface area contributed by atoms with Gasteiger partial charge in [0.2, 0.25) is 0 Å². The monoisotopic (exact) mass is 255 g/mol. The molecule has 1 aromatic heterocycles. The molecule has 0 N–H and O–H groups in total. The molecule has 4 nitrogen and oxygen atoms in total. The fraction of sp³-hybridized carbons (Fsp3) is 0.467. The molecule has 0 saturated heterocycles. The number of imidazole rings is 1. The van der Waals surface area contributed by atoms with Crippen LogP contribution < -0.4 is 0 Å². The van der Waals surface area contributed by atoms with E-state index in [0.29, 0.717) is 18.2 Å². The number of aromatic nitrogens is 2. The third-order valence-electron chi connectivity index (χ3n) is 3.35. The molecule has 0 aliphatic heterocycles. The maximum Gasteiger partial charge on any atom is 0.136 e. The summed E-state index contributed by atoms with van der Waals surface area (Å²) >= 11 is 0. The summed E-state index contributed by atoms with van der Waals surface area (Å²) in [4.78, 5) is 4.64. The molecule has 1 aromatic carbocycles. The molecule has 19 heavy (non-hydrogen) atoms. The molecule has 3 rings (SSSR count). The van der Waals surface area contributed by atoms with E-state index in [4.69, 9.17) is 10.00 Å². The number of nitriles is 1. The normalized spacial score (nSPS) is 15.1. The SMILES string of the molecule is CC(C)OCc1nc2cc(C#N)ccc2n1C1CC1. The predicted octanol–water partition coefficient (Wildman–Crippen LogP) is 3.17. The predicted molar refractivity (Wildman–Crippen MR) is 72.6 cm³/mol.